The van der Waals surface area contributed by atoms with Crippen LogP contribution >= 0.6 is 0 Å². The monoisotopic (exact) mass is 394 g/mol. The summed E-state index contributed by atoms with van der Waals surface area (Å²) in [5.41, 5.74) is 3.54. The van der Waals surface area contributed by atoms with Gasteiger partial charge in [0, 0.05) is 32.3 Å². The van der Waals surface area contributed by atoms with Crippen LogP contribution in [-0.2, 0) is 13.0 Å². The highest BCUT2D eigenvalue weighted by atomic mass is 16.5. The third kappa shape index (κ3) is 4.64. The topological polar surface area (TPSA) is 89.1 Å². The molecule has 3 aromatic rings. The second-order valence-corrected chi connectivity index (χ2v) is 7.68. The normalized spacial score (nSPS) is 16.8. The molecular weight excluding hydrogens is 368 g/mol. The number of likely N-dealkylation sites (tertiary alicyclic amines) is 1. The second kappa shape index (κ2) is 8.46. The Morgan fingerprint density at radius 1 is 1.28 bits per heavy atom. The van der Waals surface area contributed by atoms with Gasteiger partial charge >= 0.3 is 6.03 Å². The molecule has 8 nitrogen and oxygen atoms in total. The lowest BCUT2D eigenvalue weighted by molar-refractivity contribution is 0.168. The molecule has 1 atom stereocenters. The van der Waals surface area contributed by atoms with Gasteiger partial charge in [0.05, 0.1) is 5.69 Å². The SMILES string of the molecule is Cc1noc(C)c1NC(=O)N1CCCC(Cn2cc(Cc3ccccc3)nn2)C1. The van der Waals surface area contributed by atoms with Crippen LogP contribution in [0.1, 0.15) is 35.6 Å². The summed E-state index contributed by atoms with van der Waals surface area (Å²) in [4.78, 5) is 14.5. The second-order valence-electron chi connectivity index (χ2n) is 7.68. The van der Waals surface area contributed by atoms with E-state index in [1.54, 1.807) is 6.92 Å². The van der Waals surface area contributed by atoms with E-state index in [0.29, 0.717) is 29.6 Å². The molecule has 0 aliphatic carbocycles. The maximum atomic E-state index is 12.7. The molecular formula is C21H26N6O2. The summed E-state index contributed by atoms with van der Waals surface area (Å²) in [7, 11) is 0. The average Bonchev–Trinajstić information content (AvgIpc) is 3.30. The first kappa shape index (κ1) is 19.2. The third-order valence-electron chi connectivity index (χ3n) is 5.33. The van der Waals surface area contributed by atoms with Gasteiger partial charge in [-0.1, -0.05) is 40.7 Å². The first-order valence-electron chi connectivity index (χ1n) is 10.00. The molecule has 4 rings (SSSR count). The molecule has 29 heavy (non-hydrogen) atoms. The maximum Gasteiger partial charge on any atom is 0.322 e. The van der Waals surface area contributed by atoms with E-state index in [4.69, 9.17) is 4.52 Å². The van der Waals surface area contributed by atoms with Crippen LogP contribution in [0.15, 0.2) is 41.1 Å². The Morgan fingerprint density at radius 3 is 2.86 bits per heavy atom. The van der Waals surface area contributed by atoms with Gasteiger partial charge in [-0.15, -0.1) is 5.10 Å². The highest BCUT2D eigenvalue weighted by Gasteiger charge is 2.25. The fourth-order valence-corrected chi connectivity index (χ4v) is 3.82. The molecule has 8 heteroatoms. The van der Waals surface area contributed by atoms with E-state index in [1.807, 2.05) is 40.9 Å². The first-order chi connectivity index (χ1) is 14.1. The molecule has 2 aromatic heterocycles. The third-order valence-corrected chi connectivity index (χ3v) is 5.33. The van der Waals surface area contributed by atoms with Gasteiger partial charge in [0.1, 0.15) is 11.4 Å². The predicted octanol–water partition coefficient (Wildman–Crippen LogP) is 3.42. The summed E-state index contributed by atoms with van der Waals surface area (Å²) >= 11 is 0. The molecule has 0 saturated carbocycles. The summed E-state index contributed by atoms with van der Waals surface area (Å²) in [5.74, 6) is 0.975. The maximum absolute atomic E-state index is 12.7. The van der Waals surface area contributed by atoms with Crippen LogP contribution < -0.4 is 5.32 Å². The van der Waals surface area contributed by atoms with Crippen LogP contribution in [0.4, 0.5) is 10.5 Å². The standard InChI is InChI=1S/C21H26N6O2/c1-15-20(16(2)29-24-15)22-21(28)26-10-6-9-18(12-26)13-27-14-19(23-25-27)11-17-7-4-3-5-8-17/h3-5,7-8,14,18H,6,9-13H2,1-2H3,(H,22,28). The molecule has 152 valence electrons. The number of aromatic nitrogens is 4. The Bertz CT molecular complexity index is 945. The number of nitrogens with zero attached hydrogens (tertiary/aromatic N) is 5. The number of carbonyl (C=O) groups is 1. The van der Waals surface area contributed by atoms with Crippen molar-refractivity contribution in [2.24, 2.45) is 5.92 Å². The van der Waals surface area contributed by atoms with E-state index in [1.165, 1.54) is 5.56 Å². The highest BCUT2D eigenvalue weighted by molar-refractivity contribution is 5.90. The molecule has 1 saturated heterocycles. The Hall–Kier alpha value is -3.16. The zero-order valence-corrected chi connectivity index (χ0v) is 16.8. The number of urea groups is 1. The van der Waals surface area contributed by atoms with Gasteiger partial charge < -0.3 is 14.7 Å². The van der Waals surface area contributed by atoms with Crippen molar-refractivity contribution in [2.75, 3.05) is 18.4 Å². The summed E-state index contributed by atoms with van der Waals surface area (Å²) in [5, 5.41) is 15.4. The van der Waals surface area contributed by atoms with Crippen molar-refractivity contribution in [1.29, 1.82) is 0 Å². The largest absolute Gasteiger partial charge is 0.359 e. The minimum absolute atomic E-state index is 0.104. The molecule has 2 amide bonds. The molecule has 1 fully saturated rings. The van der Waals surface area contributed by atoms with E-state index < -0.39 is 0 Å². The van der Waals surface area contributed by atoms with E-state index in [-0.39, 0.29) is 6.03 Å². The summed E-state index contributed by atoms with van der Waals surface area (Å²) in [6.45, 7) is 5.83. The van der Waals surface area contributed by atoms with Crippen LogP contribution in [-0.4, -0.2) is 44.2 Å². The Labute approximate surface area is 169 Å². The van der Waals surface area contributed by atoms with Crippen molar-refractivity contribution in [1.82, 2.24) is 25.1 Å². The number of rotatable bonds is 5. The van der Waals surface area contributed by atoms with Crippen molar-refractivity contribution in [3.05, 3.63) is 59.2 Å². The summed E-state index contributed by atoms with van der Waals surface area (Å²) < 4.78 is 7.03. The molecule has 1 aliphatic rings. The molecule has 3 heterocycles. The molecule has 0 bridgehead atoms. The number of nitrogens with one attached hydrogen (secondary N) is 1. The Kier molecular flexibility index (Phi) is 5.59. The number of amides is 2. The minimum atomic E-state index is -0.104. The molecule has 1 N–H and O–H groups in total. The van der Waals surface area contributed by atoms with Crippen LogP contribution in [0.5, 0.6) is 0 Å². The molecule has 1 aliphatic heterocycles. The average molecular weight is 394 g/mol. The van der Waals surface area contributed by atoms with Crippen molar-refractivity contribution < 1.29 is 9.32 Å². The van der Waals surface area contributed by atoms with Gasteiger partial charge in [-0.3, -0.25) is 4.68 Å². The quantitative estimate of drug-likeness (QED) is 0.716. The zero-order valence-electron chi connectivity index (χ0n) is 16.8. The number of carbonyl (C=O) groups excluding carboxylic acids is 1. The van der Waals surface area contributed by atoms with Gasteiger partial charge in [0.15, 0.2) is 5.76 Å². The number of aryl methyl sites for hydroxylation is 2. The van der Waals surface area contributed by atoms with Gasteiger partial charge in [0.25, 0.3) is 0 Å². The van der Waals surface area contributed by atoms with Gasteiger partial charge in [-0.25, -0.2) is 4.79 Å². The molecule has 0 radical (unpaired) electrons. The lowest BCUT2D eigenvalue weighted by atomic mass is 9.98. The van der Waals surface area contributed by atoms with Crippen molar-refractivity contribution in [3.63, 3.8) is 0 Å². The lowest BCUT2D eigenvalue weighted by Crippen LogP contribution is -2.43. The van der Waals surface area contributed by atoms with Crippen molar-refractivity contribution in [3.8, 4) is 0 Å². The number of anilines is 1. The molecule has 0 spiro atoms. The number of benzene rings is 1. The van der Waals surface area contributed by atoms with E-state index in [9.17, 15) is 4.79 Å². The smallest absolute Gasteiger partial charge is 0.322 e. The number of hydrogen-bond acceptors (Lipinski definition) is 5. The number of hydrogen-bond donors (Lipinski definition) is 1. The van der Waals surface area contributed by atoms with Crippen LogP contribution in [0, 0.1) is 19.8 Å². The van der Waals surface area contributed by atoms with Crippen molar-refractivity contribution >= 4 is 11.7 Å². The van der Waals surface area contributed by atoms with E-state index in [0.717, 1.165) is 38.0 Å². The number of piperidine rings is 1. The van der Waals surface area contributed by atoms with Gasteiger partial charge in [0.2, 0.25) is 0 Å². The van der Waals surface area contributed by atoms with Crippen molar-refractivity contribution in [2.45, 2.75) is 39.7 Å². The minimum Gasteiger partial charge on any atom is -0.359 e. The molecule has 1 unspecified atom stereocenters. The Balaban J connectivity index is 1.33. The fraction of sp³-hybridized carbons (Fsp3) is 0.429. The summed E-state index contributed by atoms with van der Waals surface area (Å²) in [6.07, 6.45) is 4.83. The van der Waals surface area contributed by atoms with Crippen LogP contribution in [0.3, 0.4) is 0 Å². The van der Waals surface area contributed by atoms with Crippen LogP contribution in [0.2, 0.25) is 0 Å². The van der Waals surface area contributed by atoms with E-state index >= 15 is 0 Å². The van der Waals surface area contributed by atoms with Crippen LogP contribution in [0.25, 0.3) is 0 Å². The first-order valence-corrected chi connectivity index (χ1v) is 10.00. The van der Waals surface area contributed by atoms with E-state index in [2.05, 4.69) is 32.9 Å². The predicted molar refractivity (Wildman–Crippen MR) is 109 cm³/mol. The highest BCUT2D eigenvalue weighted by Crippen LogP contribution is 2.22. The fourth-order valence-electron chi connectivity index (χ4n) is 3.82. The summed E-state index contributed by atoms with van der Waals surface area (Å²) in [6, 6.07) is 10.2. The molecule has 1 aromatic carbocycles. The zero-order chi connectivity index (χ0) is 20.2. The van der Waals surface area contributed by atoms with Gasteiger partial charge in [-0.05, 0) is 38.2 Å². The lowest BCUT2D eigenvalue weighted by Gasteiger charge is -2.32. The van der Waals surface area contributed by atoms with Gasteiger partial charge in [-0.2, -0.15) is 0 Å². The Morgan fingerprint density at radius 2 is 2.10 bits per heavy atom.